The summed E-state index contributed by atoms with van der Waals surface area (Å²) in [4.78, 5) is 10.8. The fourth-order valence-electron chi connectivity index (χ4n) is 1.31. The van der Waals surface area contributed by atoms with E-state index >= 15 is 0 Å². The van der Waals surface area contributed by atoms with Gasteiger partial charge >= 0.3 is 5.97 Å². The number of carbonyl (C=O) groups is 1. The Morgan fingerprint density at radius 1 is 1.30 bits per heavy atom. The van der Waals surface area contributed by atoms with Crippen LogP contribution >= 0.6 is 0 Å². The quantitative estimate of drug-likeness (QED) is 0.618. The second-order valence-electron chi connectivity index (χ2n) is 3.64. The van der Waals surface area contributed by atoms with Crippen LogP contribution in [0, 0.1) is 0 Å². The van der Waals surface area contributed by atoms with Crippen LogP contribution in [0.4, 0.5) is 5.69 Å². The zero-order valence-electron chi connectivity index (χ0n) is 10.1. The molecule has 0 aliphatic rings. The van der Waals surface area contributed by atoms with Crippen LogP contribution in [0.5, 0.6) is 5.75 Å². The van der Waals surface area contributed by atoms with Gasteiger partial charge in [0.25, 0.3) is 10.1 Å². The van der Waals surface area contributed by atoms with Crippen molar-refractivity contribution in [2.45, 2.75) is 0 Å². The van der Waals surface area contributed by atoms with Crippen LogP contribution in [0.25, 0.3) is 0 Å². The number of aromatic carboxylic acids is 1. The van der Waals surface area contributed by atoms with Crippen LogP contribution in [-0.2, 0) is 20.1 Å². The Kier molecular flexibility index (Phi) is 4.57. The zero-order valence-corrected chi connectivity index (χ0v) is 11.7. The molecule has 0 unspecified atom stereocenters. The van der Waals surface area contributed by atoms with Crippen molar-refractivity contribution in [3.63, 3.8) is 0 Å². The molecule has 3 N–H and O–H groups in total. The van der Waals surface area contributed by atoms with E-state index in [1.807, 2.05) is 4.72 Å². The molecule has 112 valence electrons. The first kappa shape index (κ1) is 16.2. The number of hydrogen-bond acceptors (Lipinski definition) is 6. The summed E-state index contributed by atoms with van der Waals surface area (Å²) >= 11 is 0. The molecule has 1 aromatic carbocycles. The van der Waals surface area contributed by atoms with Gasteiger partial charge in [-0.15, -0.1) is 0 Å². The monoisotopic (exact) mass is 325 g/mol. The standard InChI is InChI=1S/C9H11NO8S2/c1-18-8-3-2-6(9(11)12)4-7(8)10-19(13,14)5-20(15,16)17/h2-4,10H,5H2,1H3,(H,11,12)(H,15,16,17). The summed E-state index contributed by atoms with van der Waals surface area (Å²) in [6, 6.07) is 3.35. The average Bonchev–Trinajstić information content (AvgIpc) is 2.24. The highest BCUT2D eigenvalue weighted by molar-refractivity contribution is 8.06. The van der Waals surface area contributed by atoms with Gasteiger partial charge in [0, 0.05) is 0 Å². The van der Waals surface area contributed by atoms with Gasteiger partial charge in [-0.3, -0.25) is 9.27 Å². The number of nitrogens with one attached hydrogen (secondary N) is 1. The molecule has 11 heteroatoms. The van der Waals surface area contributed by atoms with Crippen molar-refractivity contribution >= 4 is 31.8 Å². The van der Waals surface area contributed by atoms with Crippen molar-refractivity contribution in [1.29, 1.82) is 0 Å². The first-order chi connectivity index (χ1) is 9.04. The highest BCUT2D eigenvalue weighted by atomic mass is 32.3. The molecule has 20 heavy (non-hydrogen) atoms. The molecule has 0 aromatic heterocycles. The first-order valence-electron chi connectivity index (χ1n) is 4.91. The van der Waals surface area contributed by atoms with Gasteiger partial charge in [-0.25, -0.2) is 13.2 Å². The number of carboxylic acids is 1. The number of sulfonamides is 1. The number of benzene rings is 1. The third-order valence-electron chi connectivity index (χ3n) is 2.02. The number of ether oxygens (including phenoxy) is 1. The lowest BCUT2D eigenvalue weighted by atomic mass is 10.2. The highest BCUT2D eigenvalue weighted by Gasteiger charge is 2.22. The van der Waals surface area contributed by atoms with E-state index in [2.05, 4.69) is 0 Å². The summed E-state index contributed by atoms with van der Waals surface area (Å²) in [6.45, 7) is 0. The summed E-state index contributed by atoms with van der Waals surface area (Å²) < 4.78 is 59.4. The maximum atomic E-state index is 11.5. The molecule has 0 bridgehead atoms. The van der Waals surface area contributed by atoms with Crippen molar-refractivity contribution in [1.82, 2.24) is 0 Å². The maximum absolute atomic E-state index is 11.5. The van der Waals surface area contributed by atoms with Crippen LogP contribution in [0.1, 0.15) is 10.4 Å². The normalized spacial score (nSPS) is 11.9. The summed E-state index contributed by atoms with van der Waals surface area (Å²) in [5.41, 5.74) is -0.480. The van der Waals surface area contributed by atoms with Crippen molar-refractivity contribution in [2.75, 3.05) is 16.9 Å². The number of rotatable bonds is 6. The topological polar surface area (TPSA) is 147 Å². The Morgan fingerprint density at radius 3 is 2.35 bits per heavy atom. The largest absolute Gasteiger partial charge is 0.495 e. The molecule has 0 spiro atoms. The number of hydrogen-bond donors (Lipinski definition) is 3. The molecule has 9 nitrogen and oxygen atoms in total. The van der Waals surface area contributed by atoms with Gasteiger partial charge in [-0.05, 0) is 18.2 Å². The number of carboxylic acid groups (broad SMARTS) is 1. The van der Waals surface area contributed by atoms with Crippen LogP contribution in [-0.4, -0.2) is 44.7 Å². The molecule has 0 radical (unpaired) electrons. The van der Waals surface area contributed by atoms with E-state index in [-0.39, 0.29) is 17.0 Å². The summed E-state index contributed by atoms with van der Waals surface area (Å²) in [6.07, 6.45) is 0. The van der Waals surface area contributed by atoms with Gasteiger partial charge in [0.15, 0.2) is 5.08 Å². The van der Waals surface area contributed by atoms with E-state index in [1.165, 1.54) is 19.2 Å². The lowest BCUT2D eigenvalue weighted by Crippen LogP contribution is -2.23. The van der Waals surface area contributed by atoms with Crippen LogP contribution in [0.3, 0.4) is 0 Å². The SMILES string of the molecule is COc1ccc(C(=O)O)cc1NS(=O)(=O)CS(=O)(=O)O. The highest BCUT2D eigenvalue weighted by Crippen LogP contribution is 2.26. The predicted octanol–water partition coefficient (Wildman–Crippen LogP) is -0.0196. The van der Waals surface area contributed by atoms with Gasteiger partial charge in [0.1, 0.15) is 5.75 Å². The minimum Gasteiger partial charge on any atom is -0.495 e. The lowest BCUT2D eigenvalue weighted by Gasteiger charge is -2.11. The lowest BCUT2D eigenvalue weighted by molar-refractivity contribution is 0.0697. The Morgan fingerprint density at radius 2 is 1.90 bits per heavy atom. The van der Waals surface area contributed by atoms with Gasteiger partial charge < -0.3 is 9.84 Å². The van der Waals surface area contributed by atoms with Gasteiger partial charge in [0.05, 0.1) is 18.4 Å². The molecule has 0 aliphatic heterocycles. The van der Waals surface area contributed by atoms with Crippen LogP contribution < -0.4 is 9.46 Å². The van der Waals surface area contributed by atoms with E-state index in [9.17, 15) is 21.6 Å². The molecule has 0 saturated carbocycles. The summed E-state index contributed by atoms with van der Waals surface area (Å²) in [5, 5.41) is 7.25. The predicted molar refractivity (Wildman–Crippen MR) is 68.9 cm³/mol. The molecular formula is C9H11NO8S2. The molecule has 0 amide bonds. The molecule has 1 rings (SSSR count). The van der Waals surface area contributed by atoms with Crippen molar-refractivity contribution in [3.05, 3.63) is 23.8 Å². The molecular weight excluding hydrogens is 314 g/mol. The Balaban J connectivity index is 3.19. The fraction of sp³-hybridized carbons (Fsp3) is 0.222. The van der Waals surface area contributed by atoms with Crippen LogP contribution in [0.2, 0.25) is 0 Å². The number of methoxy groups -OCH3 is 1. The Labute approximate surface area is 115 Å². The number of anilines is 1. The fourth-order valence-corrected chi connectivity index (χ4v) is 3.61. The molecule has 0 atom stereocenters. The Hall–Kier alpha value is -1.85. The van der Waals surface area contributed by atoms with E-state index in [4.69, 9.17) is 14.4 Å². The third kappa shape index (κ3) is 4.68. The van der Waals surface area contributed by atoms with Gasteiger partial charge in [-0.2, -0.15) is 8.42 Å². The second kappa shape index (κ2) is 5.64. The van der Waals surface area contributed by atoms with Crippen molar-refractivity contribution in [2.24, 2.45) is 0 Å². The summed E-state index contributed by atoms with van der Waals surface area (Å²) in [7, 11) is -7.97. The van der Waals surface area contributed by atoms with Crippen molar-refractivity contribution in [3.8, 4) is 5.75 Å². The Bertz CT molecular complexity index is 722. The molecule has 1 aromatic rings. The van der Waals surface area contributed by atoms with Crippen molar-refractivity contribution < 1.29 is 36.0 Å². The van der Waals surface area contributed by atoms with Gasteiger partial charge in [-0.1, -0.05) is 0 Å². The molecule has 0 saturated heterocycles. The summed E-state index contributed by atoms with van der Waals surface area (Å²) in [5.74, 6) is -1.31. The molecule has 0 fully saturated rings. The molecule has 0 heterocycles. The smallest absolute Gasteiger partial charge is 0.335 e. The maximum Gasteiger partial charge on any atom is 0.335 e. The third-order valence-corrected chi connectivity index (χ3v) is 4.98. The van der Waals surface area contributed by atoms with E-state index in [1.54, 1.807) is 0 Å². The average molecular weight is 325 g/mol. The van der Waals surface area contributed by atoms with Crippen LogP contribution in [0.15, 0.2) is 18.2 Å². The first-order valence-corrected chi connectivity index (χ1v) is 8.17. The van der Waals surface area contributed by atoms with E-state index in [0.717, 1.165) is 6.07 Å². The second-order valence-corrected chi connectivity index (χ2v) is 7.18. The van der Waals surface area contributed by atoms with Gasteiger partial charge in [0.2, 0.25) is 10.0 Å². The zero-order chi connectivity index (χ0) is 15.6. The van der Waals surface area contributed by atoms with E-state index < -0.39 is 31.2 Å². The molecule has 0 aliphatic carbocycles. The van der Waals surface area contributed by atoms with E-state index in [0.29, 0.717) is 0 Å². The minimum atomic E-state index is -4.76. The minimum absolute atomic E-state index is 0.00564.